The molecule has 7 heteroatoms. The first-order valence-electron chi connectivity index (χ1n) is 11.5. The van der Waals surface area contributed by atoms with Gasteiger partial charge in [0.15, 0.2) is 0 Å². The summed E-state index contributed by atoms with van der Waals surface area (Å²) < 4.78 is 24.8. The van der Waals surface area contributed by atoms with E-state index in [1.165, 1.54) is 17.7 Å². The molecule has 2 heterocycles. The lowest BCUT2D eigenvalue weighted by molar-refractivity contribution is -0.149. The quantitative estimate of drug-likeness (QED) is 0.748. The van der Waals surface area contributed by atoms with Crippen molar-refractivity contribution >= 4 is 12.0 Å². The molecular formula is C26H31FN2O4. The SMILES string of the molecule is CC(C)(C)OC(=O)N[C@H]1CC[C@H](C(=O)N2CCc3ccccc3[C@@H]2c2ccc(F)cc2)OC1. The number of ether oxygens (including phenoxy) is 2. The van der Waals surface area contributed by atoms with Crippen molar-refractivity contribution in [3.63, 3.8) is 0 Å². The third-order valence-electron chi connectivity index (χ3n) is 6.02. The third-order valence-corrected chi connectivity index (χ3v) is 6.02. The van der Waals surface area contributed by atoms with Crippen LogP contribution in [0, 0.1) is 5.82 Å². The van der Waals surface area contributed by atoms with E-state index in [1.807, 2.05) is 43.9 Å². The van der Waals surface area contributed by atoms with Gasteiger partial charge in [0.2, 0.25) is 0 Å². The van der Waals surface area contributed by atoms with Gasteiger partial charge in [-0.15, -0.1) is 0 Å². The van der Waals surface area contributed by atoms with Crippen LogP contribution in [0.3, 0.4) is 0 Å². The number of hydrogen-bond acceptors (Lipinski definition) is 4. The average Bonchev–Trinajstić information content (AvgIpc) is 2.78. The van der Waals surface area contributed by atoms with Gasteiger partial charge < -0.3 is 19.7 Å². The maximum absolute atomic E-state index is 13.6. The first-order chi connectivity index (χ1) is 15.7. The fourth-order valence-electron chi connectivity index (χ4n) is 4.53. The fourth-order valence-corrected chi connectivity index (χ4v) is 4.53. The summed E-state index contributed by atoms with van der Waals surface area (Å²) in [5.74, 6) is -0.380. The number of amides is 2. The molecule has 4 rings (SSSR count). The Kier molecular flexibility index (Phi) is 6.70. The number of alkyl carbamates (subject to hydrolysis) is 1. The van der Waals surface area contributed by atoms with Crippen LogP contribution in [-0.4, -0.2) is 47.8 Å². The molecule has 0 bridgehead atoms. The Bertz CT molecular complexity index is 994. The molecule has 6 nitrogen and oxygen atoms in total. The lowest BCUT2D eigenvalue weighted by Crippen LogP contribution is -2.51. The Morgan fingerprint density at radius 2 is 1.82 bits per heavy atom. The molecule has 0 aliphatic carbocycles. The molecule has 1 saturated heterocycles. The monoisotopic (exact) mass is 454 g/mol. The van der Waals surface area contributed by atoms with E-state index in [4.69, 9.17) is 9.47 Å². The number of carbonyl (C=O) groups is 2. The molecule has 176 valence electrons. The highest BCUT2D eigenvalue weighted by Crippen LogP contribution is 2.36. The third kappa shape index (κ3) is 5.53. The van der Waals surface area contributed by atoms with Gasteiger partial charge in [-0.1, -0.05) is 36.4 Å². The summed E-state index contributed by atoms with van der Waals surface area (Å²) in [7, 11) is 0. The van der Waals surface area contributed by atoms with Crippen molar-refractivity contribution in [2.45, 2.75) is 63.8 Å². The predicted octanol–water partition coefficient (Wildman–Crippen LogP) is 4.37. The maximum atomic E-state index is 13.6. The Hall–Kier alpha value is -2.93. The minimum atomic E-state index is -0.574. The van der Waals surface area contributed by atoms with Crippen molar-refractivity contribution in [2.75, 3.05) is 13.2 Å². The highest BCUT2D eigenvalue weighted by molar-refractivity contribution is 5.82. The summed E-state index contributed by atoms with van der Waals surface area (Å²) >= 11 is 0. The van der Waals surface area contributed by atoms with Gasteiger partial charge in [0.05, 0.1) is 18.7 Å². The van der Waals surface area contributed by atoms with Crippen LogP contribution in [0.1, 0.15) is 56.3 Å². The van der Waals surface area contributed by atoms with Crippen LogP contribution >= 0.6 is 0 Å². The van der Waals surface area contributed by atoms with Gasteiger partial charge in [-0.05, 0) is 68.9 Å². The van der Waals surface area contributed by atoms with E-state index in [0.29, 0.717) is 19.4 Å². The number of carbonyl (C=O) groups excluding carboxylic acids is 2. The number of rotatable bonds is 3. The summed E-state index contributed by atoms with van der Waals surface area (Å²) in [6.07, 6.45) is 0.837. The maximum Gasteiger partial charge on any atom is 0.407 e. The van der Waals surface area contributed by atoms with Gasteiger partial charge in [0.1, 0.15) is 17.5 Å². The number of nitrogens with zero attached hydrogens (tertiary/aromatic N) is 1. The Labute approximate surface area is 194 Å². The predicted molar refractivity (Wildman–Crippen MR) is 122 cm³/mol. The minimum Gasteiger partial charge on any atom is -0.444 e. The molecule has 2 aromatic carbocycles. The second-order valence-corrected chi connectivity index (χ2v) is 9.68. The Balaban J connectivity index is 1.46. The van der Waals surface area contributed by atoms with Crippen LogP contribution < -0.4 is 5.32 Å². The van der Waals surface area contributed by atoms with E-state index in [1.54, 1.807) is 12.1 Å². The molecule has 0 aromatic heterocycles. The number of nitrogens with one attached hydrogen (secondary N) is 1. The van der Waals surface area contributed by atoms with Gasteiger partial charge in [0.25, 0.3) is 5.91 Å². The summed E-state index contributed by atoms with van der Waals surface area (Å²) in [5, 5.41) is 2.82. The standard InChI is InChI=1S/C26H31FN2O4/c1-26(2,3)33-25(31)28-20-12-13-22(32-16-20)24(30)29-15-14-17-6-4-5-7-21(17)23(29)18-8-10-19(27)11-9-18/h4-11,20,22-23H,12-16H2,1-3H3,(H,28,31)/t20-,22+,23-/m0/s1. The number of benzene rings is 2. The van der Waals surface area contributed by atoms with Crippen LogP contribution in [0.5, 0.6) is 0 Å². The fraction of sp³-hybridized carbons (Fsp3) is 0.462. The topological polar surface area (TPSA) is 67.9 Å². The van der Waals surface area contributed by atoms with Gasteiger partial charge in [0, 0.05) is 6.54 Å². The highest BCUT2D eigenvalue weighted by Gasteiger charge is 2.37. The van der Waals surface area contributed by atoms with Crippen molar-refractivity contribution in [1.82, 2.24) is 10.2 Å². The normalized spacial score (nSPS) is 22.9. The van der Waals surface area contributed by atoms with Gasteiger partial charge in [-0.3, -0.25) is 4.79 Å². The van der Waals surface area contributed by atoms with Crippen LogP contribution in [0.4, 0.5) is 9.18 Å². The van der Waals surface area contributed by atoms with Gasteiger partial charge in [-0.25, -0.2) is 9.18 Å². The lowest BCUT2D eigenvalue weighted by atomic mass is 9.87. The molecule has 1 N–H and O–H groups in total. The van der Waals surface area contributed by atoms with Crippen LogP contribution in [-0.2, 0) is 20.7 Å². The largest absolute Gasteiger partial charge is 0.444 e. The molecule has 2 aromatic rings. The van der Waals surface area contributed by atoms with E-state index in [0.717, 1.165) is 17.5 Å². The zero-order chi connectivity index (χ0) is 23.6. The van der Waals surface area contributed by atoms with Gasteiger partial charge in [-0.2, -0.15) is 0 Å². The number of fused-ring (bicyclic) bond motifs is 1. The zero-order valence-corrected chi connectivity index (χ0v) is 19.3. The van der Waals surface area contributed by atoms with Gasteiger partial charge >= 0.3 is 6.09 Å². The molecule has 2 aliphatic heterocycles. The van der Waals surface area contributed by atoms with Crippen LogP contribution in [0.25, 0.3) is 0 Å². The second-order valence-electron chi connectivity index (χ2n) is 9.68. The van der Waals surface area contributed by atoms with Crippen molar-refractivity contribution in [2.24, 2.45) is 0 Å². The number of hydrogen-bond donors (Lipinski definition) is 1. The van der Waals surface area contributed by atoms with Crippen LogP contribution in [0.2, 0.25) is 0 Å². The van der Waals surface area contributed by atoms with E-state index >= 15 is 0 Å². The first kappa shape index (κ1) is 23.2. The summed E-state index contributed by atoms with van der Waals surface area (Å²) in [6, 6.07) is 13.9. The molecule has 0 unspecified atom stereocenters. The molecule has 2 amide bonds. The summed E-state index contributed by atoms with van der Waals surface area (Å²) in [4.78, 5) is 27.4. The molecule has 2 aliphatic rings. The van der Waals surface area contributed by atoms with Crippen LogP contribution in [0.15, 0.2) is 48.5 Å². The van der Waals surface area contributed by atoms with E-state index in [2.05, 4.69) is 11.4 Å². The van der Waals surface area contributed by atoms with Crippen molar-refractivity contribution in [3.8, 4) is 0 Å². The summed E-state index contributed by atoms with van der Waals surface area (Å²) in [6.45, 7) is 6.26. The molecule has 1 fully saturated rings. The molecule has 33 heavy (non-hydrogen) atoms. The lowest BCUT2D eigenvalue weighted by Gasteiger charge is -2.40. The van der Waals surface area contributed by atoms with Crippen molar-refractivity contribution < 1.29 is 23.5 Å². The summed E-state index contributed by atoms with van der Waals surface area (Å²) in [5.41, 5.74) is 2.56. The molecular weight excluding hydrogens is 423 g/mol. The van der Waals surface area contributed by atoms with Crippen molar-refractivity contribution in [1.29, 1.82) is 0 Å². The zero-order valence-electron chi connectivity index (χ0n) is 19.3. The van der Waals surface area contributed by atoms with Crippen molar-refractivity contribution in [3.05, 3.63) is 71.0 Å². The molecule has 0 saturated carbocycles. The Morgan fingerprint density at radius 3 is 2.48 bits per heavy atom. The second kappa shape index (κ2) is 9.51. The first-order valence-corrected chi connectivity index (χ1v) is 11.5. The number of halogens is 1. The average molecular weight is 455 g/mol. The van der Waals surface area contributed by atoms with E-state index in [9.17, 15) is 14.0 Å². The van der Waals surface area contributed by atoms with E-state index < -0.39 is 17.8 Å². The smallest absolute Gasteiger partial charge is 0.407 e. The molecule has 3 atom stereocenters. The molecule has 0 spiro atoms. The molecule has 0 radical (unpaired) electrons. The van der Waals surface area contributed by atoms with E-state index in [-0.39, 0.29) is 30.4 Å². The highest BCUT2D eigenvalue weighted by atomic mass is 19.1. The Morgan fingerprint density at radius 1 is 1.09 bits per heavy atom. The minimum absolute atomic E-state index is 0.0745.